The van der Waals surface area contributed by atoms with Crippen LogP contribution in [-0.2, 0) is 18.2 Å². The van der Waals surface area contributed by atoms with Crippen LogP contribution in [0.1, 0.15) is 40.4 Å². The summed E-state index contributed by atoms with van der Waals surface area (Å²) < 4.78 is 7.26. The number of carboxylic acids is 1. The Morgan fingerprint density at radius 3 is 2.81 bits per heavy atom. The van der Waals surface area contributed by atoms with Gasteiger partial charge in [-0.1, -0.05) is 29.8 Å². The molecule has 0 saturated carbocycles. The zero-order valence-corrected chi connectivity index (χ0v) is 21.2. The fourth-order valence-corrected chi connectivity index (χ4v) is 4.74. The first-order chi connectivity index (χ1) is 17.7. The molecule has 1 aliphatic rings. The first-order valence-corrected chi connectivity index (χ1v) is 12.1. The van der Waals surface area contributed by atoms with Crippen LogP contribution in [0.15, 0.2) is 48.5 Å². The lowest BCUT2D eigenvalue weighted by molar-refractivity contribution is 0.0691. The molecular formula is C26H25ClN6O4. The number of nitrogens with zero attached hydrogens (tertiary/aromatic N) is 5. The summed E-state index contributed by atoms with van der Waals surface area (Å²) in [4.78, 5) is 34.7. The van der Waals surface area contributed by atoms with Crippen LogP contribution >= 0.6 is 11.6 Å². The Hall–Kier alpha value is -4.18. The standard InChI is InChI=1S/C26H25ClN6O4/c1-14-10-19(15(2)28-18-8-9-22(27)30-24(18)25(34)35)29-23(11-14)33-16(13-37-26(33)36)12-20-17-6-4-5-7-21(17)32(3)31-20/h4-11,15-16,28H,12-13H2,1-3H3,(H,34,35)/t15-,16+/m1/s1. The van der Waals surface area contributed by atoms with E-state index in [1.807, 2.05) is 62.0 Å². The van der Waals surface area contributed by atoms with Crippen molar-refractivity contribution in [3.63, 3.8) is 0 Å². The maximum atomic E-state index is 12.8. The lowest BCUT2D eigenvalue weighted by Crippen LogP contribution is -2.36. The minimum absolute atomic E-state index is 0.0887. The fraction of sp³-hybridized carbons (Fsp3) is 0.269. The summed E-state index contributed by atoms with van der Waals surface area (Å²) >= 11 is 5.88. The number of carbonyl (C=O) groups is 2. The smallest absolute Gasteiger partial charge is 0.415 e. The number of halogens is 1. The summed E-state index contributed by atoms with van der Waals surface area (Å²) in [5.41, 5.74) is 3.55. The van der Waals surface area contributed by atoms with E-state index >= 15 is 0 Å². The molecule has 0 radical (unpaired) electrons. The number of hydrogen-bond acceptors (Lipinski definition) is 7. The average Bonchev–Trinajstić information content (AvgIpc) is 3.39. The number of aromatic carboxylic acids is 1. The molecule has 2 atom stereocenters. The number of para-hydroxylation sites is 1. The van der Waals surface area contributed by atoms with Crippen molar-refractivity contribution in [1.29, 1.82) is 0 Å². The highest BCUT2D eigenvalue weighted by Crippen LogP contribution is 2.29. The normalized spacial score (nSPS) is 16.2. The van der Waals surface area contributed by atoms with Gasteiger partial charge in [0.1, 0.15) is 17.6 Å². The van der Waals surface area contributed by atoms with Crippen molar-refractivity contribution in [2.24, 2.45) is 7.05 Å². The molecule has 0 aliphatic carbocycles. The highest BCUT2D eigenvalue weighted by Gasteiger charge is 2.36. The molecule has 1 amide bonds. The lowest BCUT2D eigenvalue weighted by Gasteiger charge is -2.23. The van der Waals surface area contributed by atoms with Crippen LogP contribution in [0.2, 0.25) is 5.15 Å². The van der Waals surface area contributed by atoms with Crippen molar-refractivity contribution in [3.8, 4) is 0 Å². The van der Waals surface area contributed by atoms with Crippen LogP contribution in [0.3, 0.4) is 0 Å². The molecule has 0 unspecified atom stereocenters. The van der Waals surface area contributed by atoms with Crippen LogP contribution in [0.5, 0.6) is 0 Å². The maximum absolute atomic E-state index is 12.8. The molecule has 37 heavy (non-hydrogen) atoms. The Bertz CT molecular complexity index is 1520. The highest BCUT2D eigenvalue weighted by atomic mass is 35.5. The van der Waals surface area contributed by atoms with Gasteiger partial charge >= 0.3 is 12.1 Å². The molecule has 190 valence electrons. The van der Waals surface area contributed by atoms with Crippen LogP contribution in [0.4, 0.5) is 16.3 Å². The first kappa shape index (κ1) is 24.5. The van der Waals surface area contributed by atoms with E-state index in [-0.39, 0.29) is 23.5 Å². The molecule has 10 nitrogen and oxygen atoms in total. The second kappa shape index (κ2) is 9.70. The molecule has 1 fully saturated rings. The number of cyclic esters (lactones) is 1. The van der Waals surface area contributed by atoms with Gasteiger partial charge in [0.25, 0.3) is 0 Å². The van der Waals surface area contributed by atoms with Gasteiger partial charge in [0.2, 0.25) is 0 Å². The Labute approximate surface area is 217 Å². The number of anilines is 2. The van der Waals surface area contributed by atoms with Gasteiger partial charge in [-0.05, 0) is 49.7 Å². The fourth-order valence-electron chi connectivity index (χ4n) is 4.60. The van der Waals surface area contributed by atoms with Crippen molar-refractivity contribution in [2.75, 3.05) is 16.8 Å². The van der Waals surface area contributed by atoms with E-state index in [1.165, 1.54) is 6.07 Å². The topological polar surface area (TPSA) is 122 Å². The second-order valence-electron chi connectivity index (χ2n) is 9.02. The Kier molecular flexibility index (Phi) is 6.43. The molecule has 1 aromatic carbocycles. The van der Waals surface area contributed by atoms with E-state index in [4.69, 9.17) is 21.3 Å². The van der Waals surface area contributed by atoms with Crippen LogP contribution in [0, 0.1) is 6.92 Å². The van der Waals surface area contributed by atoms with Gasteiger partial charge in [-0.2, -0.15) is 5.10 Å². The summed E-state index contributed by atoms with van der Waals surface area (Å²) in [6.07, 6.45) is 0.0366. The molecule has 0 bridgehead atoms. The van der Waals surface area contributed by atoms with Crippen LogP contribution in [-0.4, -0.2) is 49.6 Å². The van der Waals surface area contributed by atoms with Crippen molar-refractivity contribution in [2.45, 2.75) is 32.4 Å². The minimum atomic E-state index is -1.19. The molecule has 3 aromatic heterocycles. The number of hydrogen-bond donors (Lipinski definition) is 2. The summed E-state index contributed by atoms with van der Waals surface area (Å²) in [6, 6.07) is 14.1. The number of carboxylic acid groups (broad SMARTS) is 1. The number of rotatable bonds is 7. The number of ether oxygens (including phenoxy) is 1. The number of aryl methyl sites for hydroxylation is 2. The number of fused-ring (bicyclic) bond motifs is 1. The van der Waals surface area contributed by atoms with Gasteiger partial charge in [0.05, 0.1) is 34.7 Å². The number of benzene rings is 1. The third kappa shape index (κ3) is 4.79. The summed E-state index contributed by atoms with van der Waals surface area (Å²) in [5.74, 6) is -0.733. The number of pyridine rings is 2. The highest BCUT2D eigenvalue weighted by molar-refractivity contribution is 6.29. The van der Waals surface area contributed by atoms with Crippen LogP contribution < -0.4 is 10.2 Å². The number of nitrogens with one attached hydrogen (secondary N) is 1. The van der Waals surface area contributed by atoms with E-state index in [0.717, 1.165) is 22.2 Å². The Morgan fingerprint density at radius 2 is 2.03 bits per heavy atom. The van der Waals surface area contributed by atoms with Crippen molar-refractivity contribution < 1.29 is 19.4 Å². The SMILES string of the molecule is Cc1cc([C@@H](C)Nc2ccc(Cl)nc2C(=O)O)nc(N2C(=O)OC[C@@H]2Cc2nn(C)c3ccccc23)c1. The monoisotopic (exact) mass is 520 g/mol. The minimum Gasteiger partial charge on any atom is -0.476 e. The number of amides is 1. The van der Waals surface area contributed by atoms with Gasteiger partial charge in [0.15, 0.2) is 5.69 Å². The largest absolute Gasteiger partial charge is 0.476 e. The Morgan fingerprint density at radius 1 is 1.24 bits per heavy atom. The van der Waals surface area contributed by atoms with E-state index in [1.54, 1.807) is 11.0 Å². The van der Waals surface area contributed by atoms with E-state index in [9.17, 15) is 14.7 Å². The zero-order chi connectivity index (χ0) is 26.3. The third-order valence-electron chi connectivity index (χ3n) is 6.33. The van der Waals surface area contributed by atoms with Gasteiger partial charge in [0, 0.05) is 18.9 Å². The lowest BCUT2D eigenvalue weighted by atomic mass is 10.1. The quantitative estimate of drug-likeness (QED) is 0.334. The van der Waals surface area contributed by atoms with Crippen LogP contribution in [0.25, 0.3) is 10.9 Å². The van der Waals surface area contributed by atoms with E-state index < -0.39 is 18.1 Å². The number of carbonyl (C=O) groups excluding carboxylic acids is 1. The molecule has 4 aromatic rings. The summed E-state index contributed by atoms with van der Waals surface area (Å²) in [6.45, 7) is 3.99. The zero-order valence-electron chi connectivity index (χ0n) is 20.5. The summed E-state index contributed by atoms with van der Waals surface area (Å²) in [7, 11) is 1.90. The van der Waals surface area contributed by atoms with Crippen molar-refractivity contribution >= 4 is 46.1 Å². The molecule has 1 aliphatic heterocycles. The van der Waals surface area contributed by atoms with Crippen molar-refractivity contribution in [1.82, 2.24) is 19.7 Å². The van der Waals surface area contributed by atoms with Gasteiger partial charge < -0.3 is 15.2 Å². The molecule has 0 spiro atoms. The first-order valence-electron chi connectivity index (χ1n) is 11.7. The second-order valence-corrected chi connectivity index (χ2v) is 9.41. The van der Waals surface area contributed by atoms with Gasteiger partial charge in [-0.3, -0.25) is 9.58 Å². The van der Waals surface area contributed by atoms with Crippen molar-refractivity contribution in [3.05, 3.63) is 76.3 Å². The number of aromatic nitrogens is 4. The predicted octanol–water partition coefficient (Wildman–Crippen LogP) is 4.76. The molecule has 1 saturated heterocycles. The van der Waals surface area contributed by atoms with E-state index in [2.05, 4.69) is 15.4 Å². The molecule has 5 rings (SSSR count). The summed E-state index contributed by atoms with van der Waals surface area (Å²) in [5, 5.41) is 18.5. The third-order valence-corrected chi connectivity index (χ3v) is 6.54. The molecule has 2 N–H and O–H groups in total. The van der Waals surface area contributed by atoms with Gasteiger partial charge in [-0.25, -0.2) is 19.6 Å². The van der Waals surface area contributed by atoms with E-state index in [0.29, 0.717) is 23.6 Å². The molecular weight excluding hydrogens is 496 g/mol. The Balaban J connectivity index is 1.44. The van der Waals surface area contributed by atoms with Gasteiger partial charge in [-0.15, -0.1) is 0 Å². The molecule has 4 heterocycles. The average molecular weight is 521 g/mol. The maximum Gasteiger partial charge on any atom is 0.415 e. The molecule has 11 heteroatoms. The predicted molar refractivity (Wildman–Crippen MR) is 139 cm³/mol.